The Labute approximate surface area is 113 Å². The summed E-state index contributed by atoms with van der Waals surface area (Å²) in [6.07, 6.45) is 9.44. The van der Waals surface area contributed by atoms with Gasteiger partial charge in [-0.15, -0.1) is 0 Å². The summed E-state index contributed by atoms with van der Waals surface area (Å²) in [5.74, 6) is 3.55. The molecule has 1 aromatic rings. The fraction of sp³-hybridized carbons (Fsp3) is 0.786. The molecule has 0 aliphatic heterocycles. The standard InChI is InChI=1S/C14H22N4O/c19-14(8-12-7-10-3-4-11(12)6-10)15-5-1-2-13-16-9-17-18-13/h9-12H,1-8H2,(H,15,19)(H,16,17,18). The maximum Gasteiger partial charge on any atom is 0.220 e. The Bertz CT molecular complexity index is 417. The topological polar surface area (TPSA) is 70.7 Å². The number of aromatic nitrogens is 3. The zero-order valence-corrected chi connectivity index (χ0v) is 11.3. The first-order valence-corrected chi connectivity index (χ1v) is 7.42. The molecule has 0 spiro atoms. The number of amides is 1. The van der Waals surface area contributed by atoms with Gasteiger partial charge in [-0.05, 0) is 43.4 Å². The smallest absolute Gasteiger partial charge is 0.220 e. The van der Waals surface area contributed by atoms with Gasteiger partial charge in [0.15, 0.2) is 0 Å². The van der Waals surface area contributed by atoms with Crippen LogP contribution in [0.25, 0.3) is 0 Å². The number of hydrogen-bond donors (Lipinski definition) is 2. The molecule has 5 heteroatoms. The van der Waals surface area contributed by atoms with Crippen molar-refractivity contribution in [3.05, 3.63) is 12.2 Å². The second kappa shape index (κ2) is 5.72. The van der Waals surface area contributed by atoms with E-state index in [1.54, 1.807) is 0 Å². The van der Waals surface area contributed by atoms with E-state index in [2.05, 4.69) is 20.5 Å². The van der Waals surface area contributed by atoms with Gasteiger partial charge in [-0.25, -0.2) is 4.98 Å². The summed E-state index contributed by atoms with van der Waals surface area (Å²) < 4.78 is 0. The van der Waals surface area contributed by atoms with E-state index in [1.165, 1.54) is 32.0 Å². The number of fused-ring (bicyclic) bond motifs is 2. The maximum absolute atomic E-state index is 11.9. The monoisotopic (exact) mass is 262 g/mol. The molecule has 3 rings (SSSR count). The summed E-state index contributed by atoms with van der Waals surface area (Å²) in [6, 6.07) is 0. The van der Waals surface area contributed by atoms with Gasteiger partial charge >= 0.3 is 0 Å². The maximum atomic E-state index is 11.9. The first-order chi connectivity index (χ1) is 9.31. The molecule has 2 N–H and O–H groups in total. The first kappa shape index (κ1) is 12.6. The Balaban J connectivity index is 1.31. The van der Waals surface area contributed by atoms with Crippen LogP contribution in [0, 0.1) is 17.8 Å². The minimum Gasteiger partial charge on any atom is -0.356 e. The molecule has 104 valence electrons. The van der Waals surface area contributed by atoms with Crippen molar-refractivity contribution in [2.45, 2.75) is 44.9 Å². The average Bonchev–Trinajstić information content (AvgIpc) is 3.11. The Hall–Kier alpha value is -1.39. The van der Waals surface area contributed by atoms with Crippen LogP contribution in [0.1, 0.15) is 44.3 Å². The lowest BCUT2D eigenvalue weighted by molar-refractivity contribution is -0.122. The van der Waals surface area contributed by atoms with Crippen molar-refractivity contribution in [1.29, 1.82) is 0 Å². The molecule has 3 unspecified atom stereocenters. The highest BCUT2D eigenvalue weighted by molar-refractivity contribution is 5.76. The molecule has 1 aromatic heterocycles. The van der Waals surface area contributed by atoms with E-state index in [4.69, 9.17) is 0 Å². The lowest BCUT2D eigenvalue weighted by Crippen LogP contribution is -2.28. The normalized spacial score (nSPS) is 28.7. The van der Waals surface area contributed by atoms with Gasteiger partial charge in [0.05, 0.1) is 0 Å². The van der Waals surface area contributed by atoms with Crippen LogP contribution in [0.15, 0.2) is 6.33 Å². The third-order valence-corrected chi connectivity index (χ3v) is 4.71. The van der Waals surface area contributed by atoms with Crippen molar-refractivity contribution < 1.29 is 4.79 Å². The highest BCUT2D eigenvalue weighted by Crippen LogP contribution is 2.49. The fourth-order valence-electron chi connectivity index (χ4n) is 3.77. The Morgan fingerprint density at radius 2 is 2.37 bits per heavy atom. The van der Waals surface area contributed by atoms with E-state index >= 15 is 0 Å². The summed E-state index contributed by atoms with van der Waals surface area (Å²) in [5.41, 5.74) is 0. The van der Waals surface area contributed by atoms with Gasteiger partial charge in [-0.3, -0.25) is 9.89 Å². The van der Waals surface area contributed by atoms with Gasteiger partial charge in [-0.1, -0.05) is 6.42 Å². The molecule has 19 heavy (non-hydrogen) atoms. The lowest BCUT2D eigenvalue weighted by atomic mass is 9.86. The number of nitrogens with one attached hydrogen (secondary N) is 2. The Kier molecular flexibility index (Phi) is 3.80. The van der Waals surface area contributed by atoms with Crippen molar-refractivity contribution in [3.63, 3.8) is 0 Å². The van der Waals surface area contributed by atoms with Gasteiger partial charge in [0.1, 0.15) is 12.2 Å². The molecule has 2 bridgehead atoms. The zero-order valence-electron chi connectivity index (χ0n) is 11.3. The molecule has 2 aliphatic carbocycles. The predicted molar refractivity (Wildman–Crippen MR) is 71.3 cm³/mol. The van der Waals surface area contributed by atoms with Gasteiger partial charge in [-0.2, -0.15) is 5.10 Å². The summed E-state index contributed by atoms with van der Waals surface area (Å²) in [6.45, 7) is 0.736. The lowest BCUT2D eigenvalue weighted by Gasteiger charge is -2.20. The van der Waals surface area contributed by atoms with Crippen molar-refractivity contribution >= 4 is 5.91 Å². The predicted octanol–water partition coefficient (Wildman–Crippen LogP) is 1.68. The third-order valence-electron chi connectivity index (χ3n) is 4.71. The molecule has 2 aliphatic rings. The average molecular weight is 262 g/mol. The number of rotatable bonds is 6. The summed E-state index contributed by atoms with van der Waals surface area (Å²) in [7, 11) is 0. The molecule has 1 amide bonds. The van der Waals surface area contributed by atoms with Crippen molar-refractivity contribution in [2.75, 3.05) is 6.54 Å². The van der Waals surface area contributed by atoms with E-state index in [0.717, 1.165) is 43.5 Å². The van der Waals surface area contributed by atoms with Gasteiger partial charge in [0.25, 0.3) is 0 Å². The molecular formula is C14H22N4O. The van der Waals surface area contributed by atoms with E-state index in [-0.39, 0.29) is 5.91 Å². The molecule has 3 atom stereocenters. The number of hydrogen-bond acceptors (Lipinski definition) is 3. The van der Waals surface area contributed by atoms with Crippen LogP contribution in [-0.2, 0) is 11.2 Å². The highest BCUT2D eigenvalue weighted by atomic mass is 16.1. The summed E-state index contributed by atoms with van der Waals surface area (Å²) >= 11 is 0. The van der Waals surface area contributed by atoms with Gasteiger partial charge in [0.2, 0.25) is 5.91 Å². The van der Waals surface area contributed by atoms with E-state index in [1.807, 2.05) is 0 Å². The van der Waals surface area contributed by atoms with Crippen LogP contribution in [-0.4, -0.2) is 27.6 Å². The minimum atomic E-state index is 0.232. The molecule has 0 aromatic carbocycles. The third kappa shape index (κ3) is 3.14. The van der Waals surface area contributed by atoms with Crippen LogP contribution < -0.4 is 5.32 Å². The number of aromatic amines is 1. The van der Waals surface area contributed by atoms with Gasteiger partial charge < -0.3 is 5.32 Å². The summed E-state index contributed by atoms with van der Waals surface area (Å²) in [5, 5.41) is 9.66. The van der Waals surface area contributed by atoms with Gasteiger partial charge in [0, 0.05) is 19.4 Å². The summed E-state index contributed by atoms with van der Waals surface area (Å²) in [4.78, 5) is 16.0. The second-order valence-corrected chi connectivity index (χ2v) is 6.02. The molecule has 5 nitrogen and oxygen atoms in total. The largest absolute Gasteiger partial charge is 0.356 e. The van der Waals surface area contributed by atoms with Crippen LogP contribution >= 0.6 is 0 Å². The number of carbonyl (C=O) groups excluding carboxylic acids is 1. The Morgan fingerprint density at radius 1 is 1.42 bits per heavy atom. The highest BCUT2D eigenvalue weighted by Gasteiger charge is 2.39. The zero-order chi connectivity index (χ0) is 13.1. The molecular weight excluding hydrogens is 240 g/mol. The number of H-pyrrole nitrogens is 1. The molecule has 2 saturated carbocycles. The van der Waals surface area contributed by atoms with Crippen LogP contribution in [0.3, 0.4) is 0 Å². The second-order valence-electron chi connectivity index (χ2n) is 6.02. The molecule has 1 heterocycles. The SMILES string of the molecule is O=C(CC1CC2CCC1C2)NCCCc1ncn[nH]1. The van der Waals surface area contributed by atoms with E-state index < -0.39 is 0 Å². The quantitative estimate of drug-likeness (QED) is 0.766. The number of carbonyl (C=O) groups is 1. The van der Waals surface area contributed by atoms with Crippen LogP contribution in [0.5, 0.6) is 0 Å². The van der Waals surface area contributed by atoms with Crippen LogP contribution in [0.2, 0.25) is 0 Å². The Morgan fingerprint density at radius 3 is 3.05 bits per heavy atom. The molecule has 2 fully saturated rings. The first-order valence-electron chi connectivity index (χ1n) is 7.42. The molecule has 0 radical (unpaired) electrons. The number of nitrogens with zero attached hydrogens (tertiary/aromatic N) is 2. The van der Waals surface area contributed by atoms with Crippen molar-refractivity contribution in [3.8, 4) is 0 Å². The minimum absolute atomic E-state index is 0.232. The molecule has 0 saturated heterocycles. The van der Waals surface area contributed by atoms with E-state index in [0.29, 0.717) is 5.92 Å². The fourth-order valence-corrected chi connectivity index (χ4v) is 3.77. The van der Waals surface area contributed by atoms with Crippen LogP contribution in [0.4, 0.5) is 0 Å². The van der Waals surface area contributed by atoms with E-state index in [9.17, 15) is 4.79 Å². The number of aryl methyl sites for hydroxylation is 1. The van der Waals surface area contributed by atoms with Crippen molar-refractivity contribution in [1.82, 2.24) is 20.5 Å². The van der Waals surface area contributed by atoms with Crippen molar-refractivity contribution in [2.24, 2.45) is 17.8 Å².